The lowest BCUT2D eigenvalue weighted by atomic mass is 9.97. The Morgan fingerprint density at radius 1 is 1.03 bits per heavy atom. The van der Waals surface area contributed by atoms with Crippen LogP contribution in [0.1, 0.15) is 74.6 Å². The van der Waals surface area contributed by atoms with Crippen molar-refractivity contribution in [3.8, 4) is 0 Å². The second kappa shape index (κ2) is 10.2. The van der Waals surface area contributed by atoms with E-state index in [-0.39, 0.29) is 11.5 Å². The van der Waals surface area contributed by atoms with Crippen LogP contribution in [0.5, 0.6) is 0 Å². The van der Waals surface area contributed by atoms with Gasteiger partial charge in [-0.25, -0.2) is 0 Å². The molecule has 2 aliphatic rings. The molecule has 1 heterocycles. The minimum atomic E-state index is -0.119. The Morgan fingerprint density at radius 3 is 2.42 bits per heavy atom. The molecule has 0 atom stereocenters. The van der Waals surface area contributed by atoms with E-state index in [0.717, 1.165) is 38.5 Å². The smallest absolute Gasteiger partial charge is 0.262 e. The Morgan fingerprint density at radius 2 is 1.74 bits per heavy atom. The Bertz CT molecular complexity index is 1140. The molecule has 6 heteroatoms. The molecule has 1 amide bonds. The van der Waals surface area contributed by atoms with Crippen molar-refractivity contribution in [2.75, 3.05) is 6.54 Å². The number of fused-ring (bicyclic) bond motifs is 1. The number of hydrogen-bond donors (Lipinski definition) is 2. The Kier molecular flexibility index (Phi) is 7.17. The van der Waals surface area contributed by atoms with Crippen LogP contribution in [-0.4, -0.2) is 22.0 Å². The number of H-pyrrole nitrogens is 1. The summed E-state index contributed by atoms with van der Waals surface area (Å²) in [7, 11) is 0. The van der Waals surface area contributed by atoms with Crippen molar-refractivity contribution in [3.63, 3.8) is 0 Å². The average molecular weight is 438 g/mol. The molecule has 2 aromatic rings. The highest BCUT2D eigenvalue weighted by Crippen LogP contribution is 2.21. The third-order valence-corrected chi connectivity index (χ3v) is 6.72. The molecule has 0 saturated heterocycles. The lowest BCUT2D eigenvalue weighted by Crippen LogP contribution is -2.26. The van der Waals surface area contributed by atoms with Crippen molar-refractivity contribution in [2.24, 2.45) is 0 Å². The monoisotopic (exact) mass is 437 g/mol. The molecule has 5 nitrogen and oxygen atoms in total. The molecule has 0 radical (unpaired) electrons. The standard InChI is InChI=1S/C25H31N3O2S/c29-23(26-15-13-18-7-3-1-4-8-18)20-11-12-21-22(17-20)27-25(31)28(24(21)30)16-14-19-9-5-2-6-10-19/h7,9,11-12,17H,1-6,8,10,13-16H2,(H,26,29)(H,27,31). The van der Waals surface area contributed by atoms with Gasteiger partial charge in [0.15, 0.2) is 4.77 Å². The molecule has 0 bridgehead atoms. The highest BCUT2D eigenvalue weighted by Gasteiger charge is 2.12. The number of nitrogens with zero attached hydrogens (tertiary/aromatic N) is 1. The van der Waals surface area contributed by atoms with Gasteiger partial charge in [-0.2, -0.15) is 0 Å². The van der Waals surface area contributed by atoms with E-state index in [0.29, 0.717) is 34.3 Å². The van der Waals surface area contributed by atoms with E-state index < -0.39 is 0 Å². The molecular formula is C25H31N3O2S. The van der Waals surface area contributed by atoms with Crippen LogP contribution in [0.3, 0.4) is 0 Å². The van der Waals surface area contributed by atoms with Crippen molar-refractivity contribution in [3.05, 3.63) is 62.2 Å². The predicted octanol–water partition coefficient (Wildman–Crippen LogP) is 5.57. The van der Waals surface area contributed by atoms with Crippen LogP contribution in [0.2, 0.25) is 0 Å². The first-order valence-electron chi connectivity index (χ1n) is 11.5. The number of allylic oxidation sites excluding steroid dienone is 3. The molecule has 0 unspecified atom stereocenters. The van der Waals surface area contributed by atoms with Gasteiger partial charge in [-0.1, -0.05) is 23.3 Å². The Hall–Kier alpha value is -2.47. The summed E-state index contributed by atoms with van der Waals surface area (Å²) >= 11 is 5.47. The summed E-state index contributed by atoms with van der Waals surface area (Å²) in [6.45, 7) is 1.23. The van der Waals surface area contributed by atoms with Gasteiger partial charge in [-0.3, -0.25) is 14.2 Å². The van der Waals surface area contributed by atoms with Crippen molar-refractivity contribution in [2.45, 2.75) is 70.8 Å². The molecule has 2 N–H and O–H groups in total. The fourth-order valence-corrected chi connectivity index (χ4v) is 4.84. The fraction of sp³-hybridized carbons (Fsp3) is 0.480. The summed E-state index contributed by atoms with van der Waals surface area (Å²) in [6.07, 6.45) is 15.9. The van der Waals surface area contributed by atoms with E-state index in [1.807, 2.05) is 0 Å². The van der Waals surface area contributed by atoms with Crippen LogP contribution in [0.25, 0.3) is 10.9 Å². The van der Waals surface area contributed by atoms with Crippen molar-refractivity contribution in [1.29, 1.82) is 0 Å². The quantitative estimate of drug-likeness (QED) is 0.440. The number of carbonyl (C=O) groups is 1. The lowest BCUT2D eigenvalue weighted by molar-refractivity contribution is 0.0954. The topological polar surface area (TPSA) is 66.9 Å². The van der Waals surface area contributed by atoms with Crippen LogP contribution in [0.15, 0.2) is 46.3 Å². The maximum Gasteiger partial charge on any atom is 0.262 e. The van der Waals surface area contributed by atoms with E-state index in [1.54, 1.807) is 22.8 Å². The summed E-state index contributed by atoms with van der Waals surface area (Å²) in [4.78, 5) is 28.7. The molecule has 1 aromatic carbocycles. The van der Waals surface area contributed by atoms with Crippen LogP contribution >= 0.6 is 12.2 Å². The molecule has 0 saturated carbocycles. The molecular weight excluding hydrogens is 406 g/mol. The van der Waals surface area contributed by atoms with Crippen LogP contribution in [0, 0.1) is 4.77 Å². The minimum absolute atomic E-state index is 0.0913. The van der Waals surface area contributed by atoms with Gasteiger partial charge in [-0.05, 0) is 94.6 Å². The fourth-order valence-electron chi connectivity index (χ4n) is 4.56. The number of amides is 1. The van der Waals surface area contributed by atoms with Gasteiger partial charge < -0.3 is 10.3 Å². The van der Waals surface area contributed by atoms with E-state index in [4.69, 9.17) is 12.2 Å². The summed E-state index contributed by atoms with van der Waals surface area (Å²) in [5.74, 6) is -0.119. The summed E-state index contributed by atoms with van der Waals surface area (Å²) < 4.78 is 2.06. The van der Waals surface area contributed by atoms with Gasteiger partial charge in [0.25, 0.3) is 11.5 Å². The zero-order valence-corrected chi connectivity index (χ0v) is 18.9. The number of aromatic nitrogens is 2. The number of aromatic amines is 1. The molecule has 0 fully saturated rings. The van der Waals surface area contributed by atoms with Gasteiger partial charge in [0.2, 0.25) is 0 Å². The van der Waals surface area contributed by atoms with Crippen molar-refractivity contribution < 1.29 is 4.79 Å². The molecule has 0 spiro atoms. The average Bonchev–Trinajstić information content (AvgIpc) is 2.80. The van der Waals surface area contributed by atoms with Crippen LogP contribution in [-0.2, 0) is 6.54 Å². The molecule has 2 aliphatic carbocycles. The maximum atomic E-state index is 13.0. The van der Waals surface area contributed by atoms with E-state index in [2.05, 4.69) is 22.5 Å². The molecule has 0 aliphatic heterocycles. The number of benzene rings is 1. The van der Waals surface area contributed by atoms with E-state index >= 15 is 0 Å². The largest absolute Gasteiger partial charge is 0.352 e. The SMILES string of the molecule is O=C(NCCC1=CCCCC1)c1ccc2c(=O)n(CCC3=CCCCC3)c(=S)[nH]c2c1. The number of carbonyl (C=O) groups excluding carboxylic acids is 1. The van der Waals surface area contributed by atoms with Crippen LogP contribution < -0.4 is 10.9 Å². The second-order valence-electron chi connectivity index (χ2n) is 8.62. The van der Waals surface area contributed by atoms with Gasteiger partial charge in [-0.15, -0.1) is 0 Å². The molecule has 164 valence electrons. The maximum absolute atomic E-state index is 13.0. The van der Waals surface area contributed by atoms with Crippen LogP contribution in [0.4, 0.5) is 0 Å². The summed E-state index contributed by atoms with van der Waals surface area (Å²) in [5, 5.41) is 3.56. The van der Waals surface area contributed by atoms with E-state index in [9.17, 15) is 9.59 Å². The lowest BCUT2D eigenvalue weighted by Gasteiger charge is -2.14. The number of nitrogens with one attached hydrogen (secondary N) is 2. The zero-order chi connectivity index (χ0) is 21.6. The summed E-state index contributed by atoms with van der Waals surface area (Å²) in [6, 6.07) is 5.19. The molecule has 1 aromatic heterocycles. The normalized spacial score (nSPS) is 16.6. The van der Waals surface area contributed by atoms with Gasteiger partial charge in [0.05, 0.1) is 10.9 Å². The first kappa shape index (κ1) is 21.8. The first-order valence-corrected chi connectivity index (χ1v) is 11.9. The Balaban J connectivity index is 1.45. The highest BCUT2D eigenvalue weighted by atomic mass is 32.1. The van der Waals surface area contributed by atoms with E-state index in [1.165, 1.54) is 36.8 Å². The number of hydrogen-bond acceptors (Lipinski definition) is 3. The molecule has 31 heavy (non-hydrogen) atoms. The van der Waals surface area contributed by atoms with Crippen molar-refractivity contribution in [1.82, 2.24) is 14.9 Å². The Labute approximate surface area is 188 Å². The van der Waals surface area contributed by atoms with Gasteiger partial charge in [0, 0.05) is 18.7 Å². The predicted molar refractivity (Wildman–Crippen MR) is 128 cm³/mol. The third kappa shape index (κ3) is 5.42. The third-order valence-electron chi connectivity index (χ3n) is 6.40. The highest BCUT2D eigenvalue weighted by molar-refractivity contribution is 7.71. The van der Waals surface area contributed by atoms with Gasteiger partial charge >= 0.3 is 0 Å². The van der Waals surface area contributed by atoms with Crippen molar-refractivity contribution >= 4 is 29.0 Å². The zero-order valence-electron chi connectivity index (χ0n) is 18.0. The first-order chi connectivity index (χ1) is 15.1. The summed E-state index contributed by atoms with van der Waals surface area (Å²) in [5.41, 5.74) is 3.93. The second-order valence-corrected chi connectivity index (χ2v) is 9.01. The minimum Gasteiger partial charge on any atom is -0.352 e. The molecule has 4 rings (SSSR count). The number of rotatable bonds is 7. The van der Waals surface area contributed by atoms with Gasteiger partial charge in [0.1, 0.15) is 0 Å².